The Balaban J connectivity index is 0.00000192. The van der Waals surface area contributed by atoms with Crippen molar-refractivity contribution >= 4 is 18.1 Å². The van der Waals surface area contributed by atoms with Gasteiger partial charge in [0.1, 0.15) is 11.8 Å². The Labute approximate surface area is 129 Å². The third-order valence-electron chi connectivity index (χ3n) is 4.03. The van der Waals surface area contributed by atoms with Gasteiger partial charge in [0, 0.05) is 20.4 Å². The normalized spacial score (nSPS) is 17.4. The van der Waals surface area contributed by atoms with Gasteiger partial charge in [-0.05, 0) is 30.4 Å². The molecular formula is C16H20N4O2. The first-order chi connectivity index (χ1) is 10.7. The van der Waals surface area contributed by atoms with Crippen LogP contribution in [0.4, 0.5) is 6.01 Å². The van der Waals surface area contributed by atoms with E-state index in [1.807, 2.05) is 10.6 Å². The summed E-state index contributed by atoms with van der Waals surface area (Å²) in [6, 6.07) is 2.10. The SMILES string of the molecule is C=Cn1c2c(cc(C(=O)Nc3ncco3)c1=NC)C(C)CC2.[HH]. The van der Waals surface area contributed by atoms with E-state index in [1.165, 1.54) is 23.7 Å². The van der Waals surface area contributed by atoms with Crippen LogP contribution in [0.2, 0.25) is 0 Å². The lowest BCUT2D eigenvalue weighted by Crippen LogP contribution is -2.30. The number of nitrogens with one attached hydrogen (secondary N) is 1. The molecule has 1 unspecified atom stereocenters. The maximum absolute atomic E-state index is 12.5. The molecule has 1 atom stereocenters. The first kappa shape index (κ1) is 14.3. The van der Waals surface area contributed by atoms with Crippen molar-refractivity contribution in [3.8, 4) is 0 Å². The molecule has 1 aliphatic rings. The Morgan fingerprint density at radius 1 is 1.68 bits per heavy atom. The third-order valence-corrected chi connectivity index (χ3v) is 4.03. The van der Waals surface area contributed by atoms with Crippen LogP contribution in [0.3, 0.4) is 0 Å². The van der Waals surface area contributed by atoms with E-state index >= 15 is 0 Å². The second kappa shape index (κ2) is 5.63. The number of hydrogen-bond acceptors (Lipinski definition) is 4. The van der Waals surface area contributed by atoms with Gasteiger partial charge >= 0.3 is 6.01 Å². The fraction of sp³-hybridized carbons (Fsp3) is 0.312. The Bertz CT molecular complexity index is 793. The summed E-state index contributed by atoms with van der Waals surface area (Å²) in [6.45, 7) is 6.02. The first-order valence-corrected chi connectivity index (χ1v) is 7.20. The third kappa shape index (κ3) is 2.26. The Hall–Kier alpha value is -2.63. The number of carbonyl (C=O) groups is 1. The molecule has 0 saturated carbocycles. The maximum Gasteiger partial charge on any atom is 0.301 e. The van der Waals surface area contributed by atoms with Gasteiger partial charge < -0.3 is 8.98 Å². The fourth-order valence-corrected chi connectivity index (χ4v) is 2.94. The van der Waals surface area contributed by atoms with Crippen LogP contribution < -0.4 is 10.8 Å². The van der Waals surface area contributed by atoms with E-state index < -0.39 is 0 Å². The molecule has 116 valence electrons. The molecule has 2 aromatic rings. The Morgan fingerprint density at radius 2 is 2.50 bits per heavy atom. The van der Waals surface area contributed by atoms with Crippen molar-refractivity contribution in [1.82, 2.24) is 9.55 Å². The highest BCUT2D eigenvalue weighted by Gasteiger charge is 2.25. The van der Waals surface area contributed by atoms with E-state index in [-0.39, 0.29) is 13.3 Å². The van der Waals surface area contributed by atoms with Gasteiger partial charge in [-0.3, -0.25) is 15.1 Å². The molecule has 6 heteroatoms. The zero-order valence-corrected chi connectivity index (χ0v) is 12.7. The monoisotopic (exact) mass is 300 g/mol. The summed E-state index contributed by atoms with van der Waals surface area (Å²) in [5, 5.41) is 2.65. The molecule has 0 aromatic carbocycles. The Kier molecular flexibility index (Phi) is 3.66. The minimum absolute atomic E-state index is 0. The van der Waals surface area contributed by atoms with Crippen LogP contribution in [0.5, 0.6) is 0 Å². The van der Waals surface area contributed by atoms with Crippen molar-refractivity contribution in [2.45, 2.75) is 25.7 Å². The van der Waals surface area contributed by atoms with Crippen molar-refractivity contribution in [3.05, 3.63) is 47.4 Å². The van der Waals surface area contributed by atoms with Crippen molar-refractivity contribution in [1.29, 1.82) is 0 Å². The van der Waals surface area contributed by atoms with Crippen LogP contribution in [-0.2, 0) is 6.42 Å². The molecule has 3 rings (SSSR count). The number of carbonyl (C=O) groups excluding carboxylic acids is 1. The second-order valence-corrected chi connectivity index (χ2v) is 5.29. The highest BCUT2D eigenvalue weighted by Crippen LogP contribution is 2.32. The zero-order valence-electron chi connectivity index (χ0n) is 12.7. The van der Waals surface area contributed by atoms with Crippen LogP contribution in [0, 0.1) is 0 Å². The lowest BCUT2D eigenvalue weighted by molar-refractivity contribution is 0.102. The van der Waals surface area contributed by atoms with Crippen LogP contribution >= 0.6 is 0 Å². The molecule has 0 fully saturated rings. The molecule has 22 heavy (non-hydrogen) atoms. The lowest BCUT2D eigenvalue weighted by atomic mass is 10.0. The summed E-state index contributed by atoms with van der Waals surface area (Å²) >= 11 is 0. The summed E-state index contributed by atoms with van der Waals surface area (Å²) in [5.41, 5.74) is 3.43. The van der Waals surface area contributed by atoms with Gasteiger partial charge in [0.15, 0.2) is 0 Å². The smallest absolute Gasteiger partial charge is 0.301 e. The fourth-order valence-electron chi connectivity index (χ4n) is 2.94. The maximum atomic E-state index is 12.5. The molecule has 0 spiro atoms. The van der Waals surface area contributed by atoms with Gasteiger partial charge in [0.2, 0.25) is 0 Å². The van der Waals surface area contributed by atoms with Gasteiger partial charge in [0.25, 0.3) is 5.91 Å². The van der Waals surface area contributed by atoms with Crippen molar-refractivity contribution in [2.24, 2.45) is 4.99 Å². The van der Waals surface area contributed by atoms with E-state index in [9.17, 15) is 4.79 Å². The van der Waals surface area contributed by atoms with E-state index in [4.69, 9.17) is 4.42 Å². The average molecular weight is 300 g/mol. The largest absolute Gasteiger partial charge is 0.432 e. The van der Waals surface area contributed by atoms with Crippen molar-refractivity contribution in [2.75, 3.05) is 12.4 Å². The molecule has 6 nitrogen and oxygen atoms in total. The number of oxazole rings is 1. The summed E-state index contributed by atoms with van der Waals surface area (Å²) in [7, 11) is 1.67. The Morgan fingerprint density at radius 3 is 3.14 bits per heavy atom. The number of rotatable bonds is 3. The molecule has 0 saturated heterocycles. The zero-order chi connectivity index (χ0) is 15.7. The van der Waals surface area contributed by atoms with Gasteiger partial charge in [0.05, 0.1) is 11.8 Å². The molecule has 1 N–H and O–H groups in total. The highest BCUT2D eigenvalue weighted by molar-refractivity contribution is 6.03. The number of anilines is 1. The number of hydrogen-bond donors (Lipinski definition) is 1. The lowest BCUT2D eigenvalue weighted by Gasteiger charge is -2.14. The first-order valence-electron chi connectivity index (χ1n) is 7.20. The molecule has 2 heterocycles. The summed E-state index contributed by atoms with van der Waals surface area (Å²) in [4.78, 5) is 20.7. The van der Waals surface area contributed by atoms with E-state index in [0.29, 0.717) is 17.0 Å². The number of fused-ring (bicyclic) bond motifs is 1. The van der Waals surface area contributed by atoms with Crippen LogP contribution in [0.1, 0.15) is 42.3 Å². The van der Waals surface area contributed by atoms with Crippen molar-refractivity contribution in [3.63, 3.8) is 0 Å². The highest BCUT2D eigenvalue weighted by atomic mass is 16.4. The van der Waals surface area contributed by atoms with Crippen LogP contribution in [-0.4, -0.2) is 22.5 Å². The number of nitrogens with zero attached hydrogens (tertiary/aromatic N) is 3. The summed E-state index contributed by atoms with van der Waals surface area (Å²) < 4.78 is 6.97. The van der Waals surface area contributed by atoms with Gasteiger partial charge in [-0.15, -0.1) is 0 Å². The number of pyridine rings is 1. The molecule has 1 amide bonds. The minimum atomic E-state index is -0.291. The second-order valence-electron chi connectivity index (χ2n) is 5.29. The molecule has 0 bridgehead atoms. The van der Waals surface area contributed by atoms with Gasteiger partial charge in [-0.2, -0.15) is 0 Å². The summed E-state index contributed by atoms with van der Waals surface area (Å²) in [5.74, 6) is 0.126. The van der Waals surface area contributed by atoms with E-state index in [0.717, 1.165) is 12.8 Å². The molecular weight excluding hydrogens is 280 g/mol. The van der Waals surface area contributed by atoms with Gasteiger partial charge in [-0.25, -0.2) is 4.98 Å². The van der Waals surface area contributed by atoms with E-state index in [2.05, 4.69) is 28.8 Å². The van der Waals surface area contributed by atoms with Gasteiger partial charge in [-0.1, -0.05) is 13.5 Å². The standard InChI is InChI=1S/C16H18N4O2.H2/c1-4-20-13-6-5-10(2)11(13)9-12(14(20)17-3)15(21)19-16-18-7-8-22-16;/h4,7-10H,1,5-6H2,2-3H3,(H,18,19,21);1H. The van der Waals surface area contributed by atoms with Crippen LogP contribution in [0.25, 0.3) is 6.20 Å². The van der Waals surface area contributed by atoms with Crippen molar-refractivity contribution < 1.29 is 10.6 Å². The molecule has 2 aromatic heterocycles. The molecule has 0 radical (unpaired) electrons. The minimum Gasteiger partial charge on any atom is -0.432 e. The molecule has 1 aliphatic carbocycles. The predicted molar refractivity (Wildman–Crippen MR) is 85.6 cm³/mol. The number of amides is 1. The predicted octanol–water partition coefficient (Wildman–Crippen LogP) is 2.66. The molecule has 0 aliphatic heterocycles. The van der Waals surface area contributed by atoms with E-state index in [1.54, 1.807) is 13.2 Å². The van der Waals surface area contributed by atoms with Crippen LogP contribution in [0.15, 0.2) is 34.5 Å². The summed E-state index contributed by atoms with van der Waals surface area (Å²) in [6.07, 6.45) is 6.63. The number of aromatic nitrogens is 2. The average Bonchev–Trinajstić information content (AvgIpc) is 3.15. The topological polar surface area (TPSA) is 72.4 Å². The quantitative estimate of drug-likeness (QED) is 0.947.